The number of anilines is 2. The van der Waals surface area contributed by atoms with Crippen LogP contribution in [0.1, 0.15) is 18.9 Å². The highest BCUT2D eigenvalue weighted by Gasteiger charge is 2.36. The van der Waals surface area contributed by atoms with E-state index in [0.29, 0.717) is 23.0 Å². The quantitative estimate of drug-likeness (QED) is 0.719. The maximum absolute atomic E-state index is 12.8. The second kappa shape index (κ2) is 8.31. The number of rotatable bonds is 5. The summed E-state index contributed by atoms with van der Waals surface area (Å²) in [6.07, 6.45) is 0.948. The Kier molecular flexibility index (Phi) is 6.07. The van der Waals surface area contributed by atoms with E-state index in [-0.39, 0.29) is 18.2 Å². The molecule has 0 unspecified atom stereocenters. The Balaban J connectivity index is 1.78. The van der Waals surface area contributed by atoms with Crippen LogP contribution in [0.25, 0.3) is 0 Å². The summed E-state index contributed by atoms with van der Waals surface area (Å²) in [7, 11) is 1.54. The summed E-state index contributed by atoms with van der Waals surface area (Å²) in [5, 5.41) is 3.48. The molecule has 7 heteroatoms. The Morgan fingerprint density at radius 3 is 2.81 bits per heavy atom. The van der Waals surface area contributed by atoms with Gasteiger partial charge in [0.2, 0.25) is 11.8 Å². The van der Waals surface area contributed by atoms with Crippen molar-refractivity contribution in [2.45, 2.75) is 19.8 Å². The molecule has 1 saturated heterocycles. The van der Waals surface area contributed by atoms with E-state index in [0.717, 1.165) is 22.1 Å². The van der Waals surface area contributed by atoms with Gasteiger partial charge in [0.1, 0.15) is 5.75 Å². The Morgan fingerprint density at radius 1 is 1.33 bits per heavy atom. The topological polar surface area (TPSA) is 58.6 Å². The lowest BCUT2D eigenvalue weighted by atomic mass is 10.1. The van der Waals surface area contributed by atoms with Gasteiger partial charge in [-0.15, -0.1) is 0 Å². The summed E-state index contributed by atoms with van der Waals surface area (Å²) in [5.41, 5.74) is 2.40. The van der Waals surface area contributed by atoms with Crippen molar-refractivity contribution < 1.29 is 14.3 Å². The van der Waals surface area contributed by atoms with Crippen molar-refractivity contribution in [3.05, 3.63) is 51.5 Å². The van der Waals surface area contributed by atoms with Gasteiger partial charge in [0.25, 0.3) is 0 Å². The number of benzene rings is 2. The van der Waals surface area contributed by atoms with E-state index in [4.69, 9.17) is 16.3 Å². The number of ether oxygens (including phenoxy) is 1. The standard InChI is InChI=1S/C20H20BrClN2O3/c1-3-12-8-14(21)4-6-16(12)23-20(26)13-9-19(25)24(11-13)17-10-15(22)5-7-18(17)27-2/h4-8,10,13H,3,9,11H2,1-2H3,(H,23,26)/t13-/m0/s1. The zero-order valence-electron chi connectivity index (χ0n) is 15.1. The normalized spacial score (nSPS) is 16.5. The van der Waals surface area contributed by atoms with Crippen LogP contribution in [0.15, 0.2) is 40.9 Å². The highest BCUT2D eigenvalue weighted by atomic mass is 79.9. The third-order valence-electron chi connectivity index (χ3n) is 4.63. The monoisotopic (exact) mass is 450 g/mol. The second-order valence-corrected chi connectivity index (χ2v) is 7.72. The van der Waals surface area contributed by atoms with Gasteiger partial charge in [0.05, 0.1) is 18.7 Å². The van der Waals surface area contributed by atoms with Crippen LogP contribution in [0.4, 0.5) is 11.4 Å². The largest absolute Gasteiger partial charge is 0.495 e. The van der Waals surface area contributed by atoms with Gasteiger partial charge in [-0.05, 0) is 48.4 Å². The van der Waals surface area contributed by atoms with Crippen LogP contribution in [-0.4, -0.2) is 25.5 Å². The van der Waals surface area contributed by atoms with E-state index >= 15 is 0 Å². The van der Waals surface area contributed by atoms with Crippen molar-refractivity contribution in [3.8, 4) is 5.75 Å². The number of nitrogens with zero attached hydrogens (tertiary/aromatic N) is 1. The summed E-state index contributed by atoms with van der Waals surface area (Å²) in [6.45, 7) is 2.32. The van der Waals surface area contributed by atoms with Crippen molar-refractivity contribution >= 4 is 50.7 Å². The molecular weight excluding hydrogens is 432 g/mol. The lowest BCUT2D eigenvalue weighted by Gasteiger charge is -2.20. The molecule has 0 radical (unpaired) electrons. The van der Waals surface area contributed by atoms with E-state index in [1.165, 1.54) is 7.11 Å². The minimum atomic E-state index is -0.436. The Morgan fingerprint density at radius 2 is 2.11 bits per heavy atom. The molecule has 2 aromatic rings. The number of hydrogen-bond acceptors (Lipinski definition) is 3. The van der Waals surface area contributed by atoms with E-state index in [1.807, 2.05) is 25.1 Å². The Bertz CT molecular complexity index is 888. The molecule has 1 aliphatic heterocycles. The summed E-state index contributed by atoms with van der Waals surface area (Å²) >= 11 is 9.52. The smallest absolute Gasteiger partial charge is 0.229 e. The fourth-order valence-corrected chi connectivity index (χ4v) is 3.78. The molecule has 1 N–H and O–H groups in total. The minimum Gasteiger partial charge on any atom is -0.495 e. The van der Waals surface area contributed by atoms with Crippen LogP contribution in [0.5, 0.6) is 5.75 Å². The highest BCUT2D eigenvalue weighted by Crippen LogP contribution is 2.35. The average molecular weight is 452 g/mol. The molecule has 1 atom stereocenters. The van der Waals surface area contributed by atoms with Crippen LogP contribution in [0, 0.1) is 5.92 Å². The number of amides is 2. The zero-order valence-corrected chi connectivity index (χ0v) is 17.4. The summed E-state index contributed by atoms with van der Waals surface area (Å²) in [5.74, 6) is -0.171. The third-order valence-corrected chi connectivity index (χ3v) is 5.36. The lowest BCUT2D eigenvalue weighted by Crippen LogP contribution is -2.28. The average Bonchev–Trinajstić information content (AvgIpc) is 3.04. The Labute approximate surface area is 171 Å². The number of carbonyl (C=O) groups excluding carboxylic acids is 2. The highest BCUT2D eigenvalue weighted by molar-refractivity contribution is 9.10. The molecule has 0 aliphatic carbocycles. The van der Waals surface area contributed by atoms with Crippen molar-refractivity contribution in [2.75, 3.05) is 23.9 Å². The predicted octanol–water partition coefficient (Wildman–Crippen LogP) is 4.67. The molecule has 0 bridgehead atoms. The number of carbonyl (C=O) groups is 2. The van der Waals surface area contributed by atoms with Gasteiger partial charge in [-0.3, -0.25) is 9.59 Å². The molecular formula is C20H20BrClN2O3. The molecule has 0 spiro atoms. The summed E-state index contributed by atoms with van der Waals surface area (Å²) in [6, 6.07) is 10.8. The van der Waals surface area contributed by atoms with Crippen LogP contribution < -0.4 is 15.0 Å². The second-order valence-electron chi connectivity index (χ2n) is 6.37. The van der Waals surface area contributed by atoms with Crippen LogP contribution in [0.2, 0.25) is 5.02 Å². The molecule has 1 fully saturated rings. The maximum Gasteiger partial charge on any atom is 0.229 e. The number of aryl methyl sites for hydroxylation is 1. The maximum atomic E-state index is 12.8. The van der Waals surface area contributed by atoms with Gasteiger partial charge in [0, 0.05) is 28.1 Å². The fourth-order valence-electron chi connectivity index (χ4n) is 3.20. The molecule has 142 valence electrons. The SMILES string of the molecule is CCc1cc(Br)ccc1NC(=O)[C@H]1CC(=O)N(c2cc(Cl)ccc2OC)C1. The molecule has 2 aromatic carbocycles. The number of hydrogen-bond donors (Lipinski definition) is 1. The molecule has 2 amide bonds. The molecule has 0 aromatic heterocycles. The summed E-state index contributed by atoms with van der Waals surface area (Å²) in [4.78, 5) is 26.8. The fraction of sp³-hybridized carbons (Fsp3) is 0.300. The molecule has 5 nitrogen and oxygen atoms in total. The van der Waals surface area contributed by atoms with E-state index in [2.05, 4.69) is 21.2 Å². The van der Waals surface area contributed by atoms with Crippen molar-refractivity contribution in [1.29, 1.82) is 0 Å². The van der Waals surface area contributed by atoms with Gasteiger partial charge < -0.3 is 15.0 Å². The predicted molar refractivity (Wildman–Crippen MR) is 111 cm³/mol. The number of halogens is 2. The van der Waals surface area contributed by atoms with Gasteiger partial charge in [-0.2, -0.15) is 0 Å². The first-order valence-electron chi connectivity index (χ1n) is 8.66. The first-order chi connectivity index (χ1) is 12.9. The molecule has 3 rings (SSSR count). The molecule has 0 saturated carbocycles. The van der Waals surface area contributed by atoms with Crippen molar-refractivity contribution in [2.24, 2.45) is 5.92 Å². The van der Waals surface area contributed by atoms with Crippen LogP contribution in [-0.2, 0) is 16.0 Å². The van der Waals surface area contributed by atoms with Crippen molar-refractivity contribution in [3.63, 3.8) is 0 Å². The summed E-state index contributed by atoms with van der Waals surface area (Å²) < 4.78 is 6.30. The first kappa shape index (κ1) is 19.7. The number of nitrogens with one attached hydrogen (secondary N) is 1. The first-order valence-corrected chi connectivity index (χ1v) is 9.83. The molecule has 1 heterocycles. The van der Waals surface area contributed by atoms with Gasteiger partial charge >= 0.3 is 0 Å². The number of methoxy groups -OCH3 is 1. The van der Waals surface area contributed by atoms with E-state index in [9.17, 15) is 9.59 Å². The minimum absolute atomic E-state index is 0.123. The van der Waals surface area contributed by atoms with E-state index in [1.54, 1.807) is 23.1 Å². The van der Waals surface area contributed by atoms with Crippen LogP contribution in [0.3, 0.4) is 0 Å². The van der Waals surface area contributed by atoms with Gasteiger partial charge in [0.15, 0.2) is 0 Å². The van der Waals surface area contributed by atoms with E-state index < -0.39 is 5.92 Å². The van der Waals surface area contributed by atoms with Gasteiger partial charge in [-0.25, -0.2) is 0 Å². The van der Waals surface area contributed by atoms with Gasteiger partial charge in [-0.1, -0.05) is 34.5 Å². The van der Waals surface area contributed by atoms with Crippen LogP contribution >= 0.6 is 27.5 Å². The Hall–Kier alpha value is -2.05. The molecule has 27 heavy (non-hydrogen) atoms. The zero-order chi connectivity index (χ0) is 19.6. The molecule has 1 aliphatic rings. The third kappa shape index (κ3) is 4.28. The van der Waals surface area contributed by atoms with Crippen molar-refractivity contribution in [1.82, 2.24) is 0 Å². The lowest BCUT2D eigenvalue weighted by molar-refractivity contribution is -0.122.